The van der Waals surface area contributed by atoms with E-state index in [9.17, 15) is 4.79 Å². The highest BCUT2D eigenvalue weighted by atomic mass is 16.4. The van der Waals surface area contributed by atoms with E-state index < -0.39 is 5.97 Å². The number of hydrogen-bond acceptors (Lipinski definition) is 3. The summed E-state index contributed by atoms with van der Waals surface area (Å²) in [6, 6.07) is 7.33. The summed E-state index contributed by atoms with van der Waals surface area (Å²) in [5, 5.41) is 14.3. The smallest absolute Gasteiger partial charge is 0.335 e. The predicted molar refractivity (Wildman–Crippen MR) is 78.4 cm³/mol. The second-order valence-corrected chi connectivity index (χ2v) is 5.24. The highest BCUT2D eigenvalue weighted by molar-refractivity contribution is 5.93. The van der Waals surface area contributed by atoms with Crippen LogP contribution in [0.2, 0.25) is 0 Å². The molecule has 2 aromatic heterocycles. The molecule has 0 amide bonds. The zero-order chi connectivity index (χ0) is 15.0. The van der Waals surface area contributed by atoms with Crippen LogP contribution in [0.5, 0.6) is 0 Å². The molecule has 0 saturated heterocycles. The van der Waals surface area contributed by atoms with E-state index >= 15 is 0 Å². The van der Waals surface area contributed by atoms with Gasteiger partial charge in [-0.3, -0.25) is 0 Å². The van der Waals surface area contributed by atoms with E-state index in [1.54, 1.807) is 18.5 Å². The largest absolute Gasteiger partial charge is 0.478 e. The molecular formula is C15H16N4O2. The van der Waals surface area contributed by atoms with Crippen LogP contribution < -0.4 is 0 Å². The molecule has 0 spiro atoms. The van der Waals surface area contributed by atoms with Crippen LogP contribution in [0.1, 0.15) is 36.1 Å². The van der Waals surface area contributed by atoms with Crippen LogP contribution in [0.3, 0.4) is 0 Å². The van der Waals surface area contributed by atoms with Crippen LogP contribution in [0.4, 0.5) is 0 Å². The minimum atomic E-state index is -0.921. The maximum atomic E-state index is 11.1. The van der Waals surface area contributed by atoms with Crippen LogP contribution in [0.25, 0.3) is 10.9 Å². The number of carboxylic acids is 1. The zero-order valence-electron chi connectivity index (χ0n) is 11.9. The first kappa shape index (κ1) is 13.4. The lowest BCUT2D eigenvalue weighted by Gasteiger charge is -2.10. The summed E-state index contributed by atoms with van der Waals surface area (Å²) in [5.41, 5.74) is 1.17. The minimum Gasteiger partial charge on any atom is -0.478 e. The van der Waals surface area contributed by atoms with Crippen LogP contribution in [-0.4, -0.2) is 30.4 Å². The molecule has 6 heteroatoms. The van der Waals surface area contributed by atoms with E-state index in [0.717, 1.165) is 16.7 Å². The third-order valence-corrected chi connectivity index (χ3v) is 3.47. The van der Waals surface area contributed by atoms with Crippen molar-refractivity contribution in [3.8, 4) is 0 Å². The molecule has 6 nitrogen and oxygen atoms in total. The van der Waals surface area contributed by atoms with Gasteiger partial charge in [0.05, 0.1) is 12.1 Å². The Kier molecular flexibility index (Phi) is 3.21. The average molecular weight is 284 g/mol. The van der Waals surface area contributed by atoms with E-state index in [1.165, 1.54) is 0 Å². The lowest BCUT2D eigenvalue weighted by atomic mass is 10.1. The Balaban J connectivity index is 2.02. The van der Waals surface area contributed by atoms with Gasteiger partial charge < -0.3 is 9.67 Å². The second kappa shape index (κ2) is 5.05. The molecule has 3 rings (SSSR count). The second-order valence-electron chi connectivity index (χ2n) is 5.24. The van der Waals surface area contributed by atoms with Crippen molar-refractivity contribution in [1.82, 2.24) is 19.3 Å². The lowest BCUT2D eigenvalue weighted by Crippen LogP contribution is -2.11. The van der Waals surface area contributed by atoms with Crippen molar-refractivity contribution in [3.63, 3.8) is 0 Å². The number of aromatic carboxylic acids is 1. The molecule has 0 atom stereocenters. The van der Waals surface area contributed by atoms with Crippen LogP contribution in [-0.2, 0) is 6.54 Å². The first-order valence-electron chi connectivity index (χ1n) is 6.77. The van der Waals surface area contributed by atoms with Gasteiger partial charge in [0, 0.05) is 17.8 Å². The molecule has 0 saturated carbocycles. The molecule has 0 aliphatic heterocycles. The molecule has 2 heterocycles. The van der Waals surface area contributed by atoms with Crippen LogP contribution in [0.15, 0.2) is 36.8 Å². The van der Waals surface area contributed by atoms with Gasteiger partial charge in [0.15, 0.2) is 0 Å². The lowest BCUT2D eigenvalue weighted by molar-refractivity contribution is 0.0697. The number of aromatic nitrogens is 4. The number of fused-ring (bicyclic) bond motifs is 1. The van der Waals surface area contributed by atoms with Gasteiger partial charge in [0.2, 0.25) is 0 Å². The van der Waals surface area contributed by atoms with Gasteiger partial charge in [-0.05, 0) is 37.4 Å². The number of hydrogen-bond donors (Lipinski definition) is 1. The fourth-order valence-electron chi connectivity index (χ4n) is 2.43. The van der Waals surface area contributed by atoms with Crippen molar-refractivity contribution in [2.24, 2.45) is 0 Å². The number of rotatable bonds is 4. The molecule has 108 valence electrons. The van der Waals surface area contributed by atoms with E-state index in [4.69, 9.17) is 5.11 Å². The monoisotopic (exact) mass is 284 g/mol. The van der Waals surface area contributed by atoms with Gasteiger partial charge >= 0.3 is 5.97 Å². The Morgan fingerprint density at radius 2 is 2.14 bits per heavy atom. The third-order valence-electron chi connectivity index (χ3n) is 3.47. The molecule has 0 bridgehead atoms. The molecule has 1 N–H and O–H groups in total. The minimum absolute atomic E-state index is 0.235. The Labute approximate surface area is 121 Å². The number of nitrogens with zero attached hydrogens (tertiary/aromatic N) is 4. The number of carboxylic acid groups (broad SMARTS) is 1. The number of benzene rings is 1. The maximum absolute atomic E-state index is 11.1. The highest BCUT2D eigenvalue weighted by Crippen LogP contribution is 2.19. The SMILES string of the molecule is CC(C)n1ncnc1Cn1ccc2ccc(C(=O)O)cc21. The van der Waals surface area contributed by atoms with Crippen LogP contribution >= 0.6 is 0 Å². The van der Waals surface area contributed by atoms with Gasteiger partial charge in [-0.2, -0.15) is 5.10 Å². The van der Waals surface area contributed by atoms with Gasteiger partial charge in [-0.15, -0.1) is 0 Å². The Hall–Kier alpha value is -2.63. The predicted octanol–water partition coefficient (Wildman–Crippen LogP) is 2.56. The quantitative estimate of drug-likeness (QED) is 0.799. The van der Waals surface area contributed by atoms with E-state index in [1.807, 2.05) is 27.6 Å². The fourth-order valence-corrected chi connectivity index (χ4v) is 2.43. The summed E-state index contributed by atoms with van der Waals surface area (Å²) >= 11 is 0. The van der Waals surface area contributed by atoms with Crippen molar-refractivity contribution < 1.29 is 9.90 Å². The van der Waals surface area contributed by atoms with Gasteiger partial charge in [0.25, 0.3) is 0 Å². The zero-order valence-corrected chi connectivity index (χ0v) is 11.9. The van der Waals surface area contributed by atoms with E-state index in [-0.39, 0.29) is 11.6 Å². The maximum Gasteiger partial charge on any atom is 0.335 e. The molecule has 0 radical (unpaired) electrons. The van der Waals surface area contributed by atoms with Gasteiger partial charge in [-0.1, -0.05) is 6.07 Å². The van der Waals surface area contributed by atoms with E-state index in [2.05, 4.69) is 23.9 Å². The normalized spacial score (nSPS) is 11.4. The molecule has 0 unspecified atom stereocenters. The summed E-state index contributed by atoms with van der Waals surface area (Å²) in [5.74, 6) is -0.0711. The van der Waals surface area contributed by atoms with Crippen molar-refractivity contribution in [1.29, 1.82) is 0 Å². The summed E-state index contributed by atoms with van der Waals surface area (Å²) in [6.45, 7) is 4.66. The molecule has 0 fully saturated rings. The van der Waals surface area contributed by atoms with Crippen molar-refractivity contribution in [3.05, 3.63) is 48.2 Å². The molecule has 0 aliphatic rings. The van der Waals surface area contributed by atoms with Gasteiger partial charge in [0.1, 0.15) is 12.2 Å². The van der Waals surface area contributed by atoms with Crippen molar-refractivity contribution in [2.75, 3.05) is 0 Å². The Bertz CT molecular complexity index is 801. The highest BCUT2D eigenvalue weighted by Gasteiger charge is 2.11. The number of carbonyl (C=O) groups is 1. The molecule has 21 heavy (non-hydrogen) atoms. The molecular weight excluding hydrogens is 268 g/mol. The Morgan fingerprint density at radius 1 is 1.33 bits per heavy atom. The first-order valence-corrected chi connectivity index (χ1v) is 6.77. The van der Waals surface area contributed by atoms with E-state index in [0.29, 0.717) is 6.54 Å². The van der Waals surface area contributed by atoms with Crippen molar-refractivity contribution >= 4 is 16.9 Å². The molecule has 0 aliphatic carbocycles. The van der Waals surface area contributed by atoms with Gasteiger partial charge in [-0.25, -0.2) is 14.5 Å². The Morgan fingerprint density at radius 3 is 2.86 bits per heavy atom. The first-order chi connectivity index (χ1) is 10.1. The summed E-state index contributed by atoms with van der Waals surface area (Å²) in [6.07, 6.45) is 3.49. The van der Waals surface area contributed by atoms with Crippen LogP contribution in [0, 0.1) is 0 Å². The standard InChI is InChI=1S/C15H16N4O2/c1-10(2)19-14(16-9-17-19)8-18-6-5-11-3-4-12(15(20)21)7-13(11)18/h3-7,9-10H,8H2,1-2H3,(H,20,21). The molecule has 1 aromatic carbocycles. The summed E-state index contributed by atoms with van der Waals surface area (Å²) < 4.78 is 3.86. The topological polar surface area (TPSA) is 72.9 Å². The fraction of sp³-hybridized carbons (Fsp3) is 0.267. The summed E-state index contributed by atoms with van der Waals surface area (Å²) in [7, 11) is 0. The summed E-state index contributed by atoms with van der Waals surface area (Å²) in [4.78, 5) is 15.4. The van der Waals surface area contributed by atoms with Crippen molar-refractivity contribution in [2.45, 2.75) is 26.4 Å². The third kappa shape index (κ3) is 2.40. The molecule has 3 aromatic rings. The average Bonchev–Trinajstić information content (AvgIpc) is 3.06.